The van der Waals surface area contributed by atoms with Gasteiger partial charge in [0.2, 0.25) is 0 Å². The third-order valence-corrected chi connectivity index (χ3v) is 3.71. The monoisotopic (exact) mass is 255 g/mol. The first-order chi connectivity index (χ1) is 9.33. The van der Waals surface area contributed by atoms with Gasteiger partial charge in [-0.1, -0.05) is 6.07 Å². The van der Waals surface area contributed by atoms with Crippen LogP contribution in [0.3, 0.4) is 0 Å². The Morgan fingerprint density at radius 1 is 1.37 bits per heavy atom. The molecule has 0 aliphatic carbocycles. The lowest BCUT2D eigenvalue weighted by molar-refractivity contribution is 0.0535. The Labute approximate surface area is 110 Å². The lowest BCUT2D eigenvalue weighted by atomic mass is 10.0. The molecule has 0 atom stereocenters. The summed E-state index contributed by atoms with van der Waals surface area (Å²) in [7, 11) is 0. The largest absolute Gasteiger partial charge is 0.457 e. The van der Waals surface area contributed by atoms with Gasteiger partial charge in [-0.05, 0) is 12.1 Å². The summed E-state index contributed by atoms with van der Waals surface area (Å²) < 4.78 is 7.27. The lowest BCUT2D eigenvalue weighted by Crippen LogP contribution is -2.28. The number of aromatic nitrogens is 2. The molecule has 0 spiro atoms. The van der Waals surface area contributed by atoms with E-state index in [0.717, 1.165) is 42.3 Å². The predicted molar refractivity (Wildman–Crippen MR) is 68.5 cm³/mol. The normalized spacial score (nSPS) is 16.9. The Balaban J connectivity index is 1.81. The second-order valence-electron chi connectivity index (χ2n) is 4.84. The van der Waals surface area contributed by atoms with Crippen LogP contribution in [0, 0.1) is 0 Å². The van der Waals surface area contributed by atoms with E-state index in [1.165, 1.54) is 0 Å². The number of carbonyl (C=O) groups is 1. The van der Waals surface area contributed by atoms with Crippen LogP contribution in [0.15, 0.2) is 24.4 Å². The summed E-state index contributed by atoms with van der Waals surface area (Å²) in [5.74, 6) is 0.843. The summed E-state index contributed by atoms with van der Waals surface area (Å²) in [6.45, 7) is 3.08. The van der Waals surface area contributed by atoms with Crippen molar-refractivity contribution in [2.24, 2.45) is 0 Å². The van der Waals surface area contributed by atoms with Gasteiger partial charge >= 0.3 is 5.97 Å². The summed E-state index contributed by atoms with van der Waals surface area (Å²) in [6.07, 6.45) is 1.90. The number of benzene rings is 1. The topological polar surface area (TPSA) is 56.1 Å². The van der Waals surface area contributed by atoms with E-state index >= 15 is 0 Å². The number of esters is 1. The van der Waals surface area contributed by atoms with Crippen molar-refractivity contribution in [1.82, 2.24) is 14.9 Å². The fourth-order valence-corrected chi connectivity index (χ4v) is 2.72. The third-order valence-electron chi connectivity index (χ3n) is 3.71. The molecule has 2 aromatic rings. The van der Waals surface area contributed by atoms with Gasteiger partial charge in [-0.25, -0.2) is 9.78 Å². The Bertz CT molecular complexity index is 675. The van der Waals surface area contributed by atoms with Crippen molar-refractivity contribution in [3.05, 3.63) is 41.3 Å². The average Bonchev–Trinajstić information content (AvgIpc) is 3.03. The summed E-state index contributed by atoms with van der Waals surface area (Å²) in [5.41, 5.74) is 3.85. The maximum Gasteiger partial charge on any atom is 0.338 e. The summed E-state index contributed by atoms with van der Waals surface area (Å²) in [4.78, 5) is 15.9. The number of hydrogen-bond donors (Lipinski definition) is 1. The minimum atomic E-state index is -0.221. The molecule has 1 aromatic carbocycles. The van der Waals surface area contributed by atoms with Crippen LogP contribution in [0.1, 0.15) is 21.7 Å². The molecule has 19 heavy (non-hydrogen) atoms. The van der Waals surface area contributed by atoms with Crippen LogP contribution in [0.2, 0.25) is 0 Å². The fourth-order valence-electron chi connectivity index (χ4n) is 2.72. The summed E-state index contributed by atoms with van der Waals surface area (Å²) in [6, 6.07) is 5.85. The highest BCUT2D eigenvalue weighted by Crippen LogP contribution is 2.28. The first kappa shape index (κ1) is 10.8. The van der Waals surface area contributed by atoms with E-state index in [2.05, 4.69) is 14.9 Å². The molecule has 2 aliphatic heterocycles. The number of nitrogens with zero attached hydrogens (tertiary/aromatic N) is 2. The van der Waals surface area contributed by atoms with Gasteiger partial charge in [-0.3, -0.25) is 0 Å². The molecular formula is C14H13N3O2. The van der Waals surface area contributed by atoms with E-state index in [4.69, 9.17) is 4.74 Å². The van der Waals surface area contributed by atoms with Crippen molar-refractivity contribution in [2.75, 3.05) is 6.54 Å². The second kappa shape index (κ2) is 3.93. The maximum absolute atomic E-state index is 11.4. The van der Waals surface area contributed by atoms with Crippen molar-refractivity contribution in [3.8, 4) is 11.3 Å². The molecule has 0 saturated carbocycles. The van der Waals surface area contributed by atoms with Crippen LogP contribution in [-0.2, 0) is 24.4 Å². The van der Waals surface area contributed by atoms with E-state index < -0.39 is 0 Å². The molecule has 3 heterocycles. The Kier molecular flexibility index (Phi) is 2.22. The van der Waals surface area contributed by atoms with E-state index in [9.17, 15) is 4.79 Å². The van der Waals surface area contributed by atoms with Crippen LogP contribution < -0.4 is 5.32 Å². The van der Waals surface area contributed by atoms with Crippen molar-refractivity contribution in [2.45, 2.75) is 19.7 Å². The number of hydrogen-bond acceptors (Lipinski definition) is 4. The number of rotatable bonds is 1. The minimum absolute atomic E-state index is 0.221. The Morgan fingerprint density at radius 2 is 2.32 bits per heavy atom. The molecule has 1 N–H and O–H groups in total. The molecular weight excluding hydrogens is 242 g/mol. The van der Waals surface area contributed by atoms with Gasteiger partial charge < -0.3 is 14.6 Å². The van der Waals surface area contributed by atoms with Gasteiger partial charge in [-0.2, -0.15) is 0 Å². The van der Waals surface area contributed by atoms with Crippen molar-refractivity contribution < 1.29 is 9.53 Å². The SMILES string of the molecule is O=C1OCc2cc(-c3cnc4n3CCNC4)ccc21. The molecule has 0 radical (unpaired) electrons. The predicted octanol–water partition coefficient (Wildman–Crippen LogP) is 1.32. The van der Waals surface area contributed by atoms with Gasteiger partial charge in [0.25, 0.3) is 0 Å². The van der Waals surface area contributed by atoms with Crippen molar-refractivity contribution in [1.29, 1.82) is 0 Å². The number of carbonyl (C=O) groups excluding carboxylic acids is 1. The highest BCUT2D eigenvalue weighted by molar-refractivity contribution is 5.94. The highest BCUT2D eigenvalue weighted by atomic mass is 16.5. The number of imidazole rings is 1. The van der Waals surface area contributed by atoms with Crippen molar-refractivity contribution in [3.63, 3.8) is 0 Å². The molecule has 0 saturated heterocycles. The smallest absolute Gasteiger partial charge is 0.338 e. The van der Waals surface area contributed by atoms with Gasteiger partial charge in [-0.15, -0.1) is 0 Å². The Hall–Kier alpha value is -2.14. The third kappa shape index (κ3) is 1.58. The van der Waals surface area contributed by atoms with Crippen molar-refractivity contribution >= 4 is 5.97 Å². The zero-order valence-electron chi connectivity index (χ0n) is 10.3. The fraction of sp³-hybridized carbons (Fsp3) is 0.286. The molecule has 96 valence electrons. The van der Waals surface area contributed by atoms with Gasteiger partial charge in [0, 0.05) is 24.2 Å². The first-order valence-corrected chi connectivity index (χ1v) is 6.38. The number of ether oxygens (including phenoxy) is 1. The van der Waals surface area contributed by atoms with Crippen LogP contribution in [-0.4, -0.2) is 22.1 Å². The standard InChI is InChI=1S/C14H13N3O2/c18-14-11-2-1-9(5-10(11)8-19-14)12-6-16-13-7-15-3-4-17(12)13/h1-2,5-6,15H,3-4,7-8H2. The second-order valence-corrected chi connectivity index (χ2v) is 4.84. The molecule has 4 rings (SSSR count). The van der Waals surface area contributed by atoms with Crippen LogP contribution in [0.25, 0.3) is 11.3 Å². The molecule has 5 nitrogen and oxygen atoms in total. The lowest BCUT2D eigenvalue weighted by Gasteiger charge is -2.17. The number of nitrogens with one attached hydrogen (secondary N) is 1. The van der Waals surface area contributed by atoms with Gasteiger partial charge in [0.15, 0.2) is 0 Å². The summed E-state index contributed by atoms with van der Waals surface area (Å²) in [5, 5.41) is 3.31. The van der Waals surface area contributed by atoms with Gasteiger partial charge in [0.1, 0.15) is 12.4 Å². The molecule has 2 aliphatic rings. The Morgan fingerprint density at radius 3 is 3.26 bits per heavy atom. The molecule has 0 bridgehead atoms. The van der Waals surface area contributed by atoms with E-state index in [0.29, 0.717) is 12.2 Å². The van der Waals surface area contributed by atoms with E-state index in [-0.39, 0.29) is 5.97 Å². The van der Waals surface area contributed by atoms with Crippen LogP contribution in [0.4, 0.5) is 0 Å². The minimum Gasteiger partial charge on any atom is -0.457 e. The maximum atomic E-state index is 11.4. The molecule has 0 unspecified atom stereocenters. The van der Waals surface area contributed by atoms with Crippen LogP contribution >= 0.6 is 0 Å². The number of cyclic esters (lactones) is 1. The first-order valence-electron chi connectivity index (χ1n) is 6.38. The summed E-state index contributed by atoms with van der Waals surface area (Å²) >= 11 is 0. The molecule has 1 aromatic heterocycles. The quantitative estimate of drug-likeness (QED) is 0.781. The number of fused-ring (bicyclic) bond motifs is 2. The molecule has 5 heteroatoms. The van der Waals surface area contributed by atoms with E-state index in [1.54, 1.807) is 0 Å². The molecule has 0 amide bonds. The molecule has 0 fully saturated rings. The van der Waals surface area contributed by atoms with Gasteiger partial charge in [0.05, 0.1) is 24.0 Å². The van der Waals surface area contributed by atoms with Crippen LogP contribution in [0.5, 0.6) is 0 Å². The zero-order chi connectivity index (χ0) is 12.8. The highest BCUT2D eigenvalue weighted by Gasteiger charge is 2.22. The zero-order valence-corrected chi connectivity index (χ0v) is 10.3. The van der Waals surface area contributed by atoms with E-state index in [1.807, 2.05) is 24.4 Å². The average molecular weight is 255 g/mol.